The SMILES string of the molecule is Cc1cc(NCCO)nc([C@@H]2CCCN(S(C)(=O)=O)C2)n1. The van der Waals surface area contributed by atoms with Crippen molar-refractivity contribution in [3.05, 3.63) is 17.6 Å². The average Bonchev–Trinajstić information content (AvgIpc) is 2.44. The van der Waals surface area contributed by atoms with Crippen LogP contribution in [0.4, 0.5) is 5.82 Å². The molecule has 1 aliphatic heterocycles. The first-order chi connectivity index (χ1) is 9.90. The molecule has 1 atom stereocenters. The van der Waals surface area contributed by atoms with Crippen molar-refractivity contribution in [1.82, 2.24) is 14.3 Å². The van der Waals surface area contributed by atoms with Gasteiger partial charge in [0, 0.05) is 37.3 Å². The summed E-state index contributed by atoms with van der Waals surface area (Å²) in [5, 5.41) is 11.9. The molecule has 1 aromatic rings. The average molecular weight is 314 g/mol. The number of rotatable bonds is 5. The minimum absolute atomic E-state index is 0.0167. The molecule has 0 amide bonds. The van der Waals surface area contributed by atoms with Crippen molar-refractivity contribution in [2.24, 2.45) is 0 Å². The van der Waals surface area contributed by atoms with Crippen LogP contribution in [0.3, 0.4) is 0 Å². The van der Waals surface area contributed by atoms with Gasteiger partial charge in [0.1, 0.15) is 11.6 Å². The second-order valence-electron chi connectivity index (χ2n) is 5.36. The van der Waals surface area contributed by atoms with Gasteiger partial charge in [0.05, 0.1) is 12.9 Å². The zero-order valence-electron chi connectivity index (χ0n) is 12.4. The predicted molar refractivity (Wildman–Crippen MR) is 80.7 cm³/mol. The van der Waals surface area contributed by atoms with E-state index in [0.29, 0.717) is 31.3 Å². The lowest BCUT2D eigenvalue weighted by atomic mass is 9.99. The second kappa shape index (κ2) is 6.67. The van der Waals surface area contributed by atoms with E-state index in [1.807, 2.05) is 13.0 Å². The number of nitrogens with one attached hydrogen (secondary N) is 1. The van der Waals surface area contributed by atoms with Crippen molar-refractivity contribution in [2.45, 2.75) is 25.7 Å². The van der Waals surface area contributed by atoms with E-state index < -0.39 is 10.0 Å². The quantitative estimate of drug-likeness (QED) is 0.813. The maximum Gasteiger partial charge on any atom is 0.211 e. The summed E-state index contributed by atoms with van der Waals surface area (Å²) in [6.45, 7) is 3.34. The Kier molecular flexibility index (Phi) is 5.13. The first-order valence-corrected chi connectivity index (χ1v) is 8.90. The predicted octanol–water partition coefficient (Wildman–Crippen LogP) is 0.328. The number of aliphatic hydroxyl groups is 1. The van der Waals surface area contributed by atoms with Gasteiger partial charge in [0.15, 0.2) is 0 Å². The molecule has 118 valence electrons. The molecule has 7 nitrogen and oxygen atoms in total. The molecule has 0 unspecified atom stereocenters. The van der Waals surface area contributed by atoms with E-state index >= 15 is 0 Å². The molecule has 0 saturated carbocycles. The van der Waals surface area contributed by atoms with Crippen LogP contribution in [0.25, 0.3) is 0 Å². The number of sulfonamides is 1. The highest BCUT2D eigenvalue weighted by Gasteiger charge is 2.28. The number of anilines is 1. The molecule has 0 spiro atoms. The summed E-state index contributed by atoms with van der Waals surface area (Å²) in [5.74, 6) is 1.36. The van der Waals surface area contributed by atoms with Gasteiger partial charge in [0.25, 0.3) is 0 Å². The number of piperidine rings is 1. The minimum atomic E-state index is -3.17. The maximum absolute atomic E-state index is 11.7. The van der Waals surface area contributed by atoms with E-state index in [4.69, 9.17) is 5.11 Å². The largest absolute Gasteiger partial charge is 0.395 e. The lowest BCUT2D eigenvalue weighted by Crippen LogP contribution is -2.38. The van der Waals surface area contributed by atoms with Crippen LogP contribution >= 0.6 is 0 Å². The molecule has 2 heterocycles. The van der Waals surface area contributed by atoms with Gasteiger partial charge in [-0.05, 0) is 19.8 Å². The lowest BCUT2D eigenvalue weighted by molar-refractivity contribution is 0.309. The van der Waals surface area contributed by atoms with E-state index in [-0.39, 0.29) is 12.5 Å². The van der Waals surface area contributed by atoms with Gasteiger partial charge in [-0.25, -0.2) is 22.7 Å². The third-order valence-electron chi connectivity index (χ3n) is 3.51. The van der Waals surface area contributed by atoms with Crippen molar-refractivity contribution in [1.29, 1.82) is 0 Å². The summed E-state index contributed by atoms with van der Waals surface area (Å²) in [7, 11) is -3.17. The van der Waals surface area contributed by atoms with Crippen LogP contribution in [0.5, 0.6) is 0 Å². The van der Waals surface area contributed by atoms with Crippen molar-refractivity contribution in [3.8, 4) is 0 Å². The van der Waals surface area contributed by atoms with E-state index in [0.717, 1.165) is 18.5 Å². The topological polar surface area (TPSA) is 95.4 Å². The Hall–Kier alpha value is -1.25. The fourth-order valence-electron chi connectivity index (χ4n) is 2.50. The molecule has 1 aliphatic rings. The Bertz CT molecular complexity index is 591. The van der Waals surface area contributed by atoms with Crippen LogP contribution in [0.1, 0.15) is 30.3 Å². The van der Waals surface area contributed by atoms with Gasteiger partial charge in [-0.1, -0.05) is 0 Å². The third kappa shape index (κ3) is 4.36. The summed E-state index contributed by atoms with van der Waals surface area (Å²) in [6, 6.07) is 1.82. The van der Waals surface area contributed by atoms with Crippen LogP contribution in [0.2, 0.25) is 0 Å². The van der Waals surface area contributed by atoms with Crippen LogP contribution in [0, 0.1) is 6.92 Å². The van der Waals surface area contributed by atoms with Gasteiger partial charge < -0.3 is 10.4 Å². The molecule has 2 N–H and O–H groups in total. The molecule has 0 aromatic carbocycles. The fraction of sp³-hybridized carbons (Fsp3) is 0.692. The second-order valence-corrected chi connectivity index (χ2v) is 7.35. The van der Waals surface area contributed by atoms with Gasteiger partial charge >= 0.3 is 0 Å². The maximum atomic E-state index is 11.7. The summed E-state index contributed by atoms with van der Waals surface area (Å²) in [4.78, 5) is 8.90. The number of aliphatic hydroxyl groups excluding tert-OH is 1. The van der Waals surface area contributed by atoms with Gasteiger partial charge in [-0.15, -0.1) is 0 Å². The number of hydrogen-bond acceptors (Lipinski definition) is 6. The van der Waals surface area contributed by atoms with E-state index in [1.54, 1.807) is 0 Å². The molecule has 1 fully saturated rings. The van der Waals surface area contributed by atoms with Crippen LogP contribution in [-0.4, -0.2) is 60.3 Å². The fourth-order valence-corrected chi connectivity index (χ4v) is 3.41. The van der Waals surface area contributed by atoms with Crippen LogP contribution in [-0.2, 0) is 10.0 Å². The number of nitrogens with zero attached hydrogens (tertiary/aromatic N) is 3. The van der Waals surface area contributed by atoms with Crippen molar-refractivity contribution < 1.29 is 13.5 Å². The zero-order valence-corrected chi connectivity index (χ0v) is 13.2. The Morgan fingerprint density at radius 1 is 1.48 bits per heavy atom. The smallest absolute Gasteiger partial charge is 0.211 e. The lowest BCUT2D eigenvalue weighted by Gasteiger charge is -2.30. The Labute approximate surface area is 125 Å². The highest BCUT2D eigenvalue weighted by Crippen LogP contribution is 2.26. The monoisotopic (exact) mass is 314 g/mol. The number of aromatic nitrogens is 2. The molecule has 2 rings (SSSR count). The van der Waals surface area contributed by atoms with E-state index in [9.17, 15) is 8.42 Å². The Morgan fingerprint density at radius 2 is 2.24 bits per heavy atom. The molecule has 0 bridgehead atoms. The summed E-state index contributed by atoms with van der Waals surface area (Å²) in [6.07, 6.45) is 2.93. The van der Waals surface area contributed by atoms with Crippen LogP contribution in [0.15, 0.2) is 6.07 Å². The highest BCUT2D eigenvalue weighted by atomic mass is 32.2. The third-order valence-corrected chi connectivity index (χ3v) is 4.78. The summed E-state index contributed by atoms with van der Waals surface area (Å²) in [5.41, 5.74) is 0.830. The normalized spacial score (nSPS) is 20.4. The molecule has 1 saturated heterocycles. The standard InChI is InChI=1S/C13H22N4O3S/c1-10-8-12(14-5-7-18)16-13(15-10)11-4-3-6-17(9-11)21(2,19)20/h8,11,18H,3-7,9H2,1-2H3,(H,14,15,16)/t11-/m1/s1. The number of hydrogen-bond donors (Lipinski definition) is 2. The summed E-state index contributed by atoms with van der Waals surface area (Å²) < 4.78 is 24.9. The van der Waals surface area contributed by atoms with Crippen molar-refractivity contribution in [2.75, 3.05) is 37.8 Å². The van der Waals surface area contributed by atoms with Crippen LogP contribution < -0.4 is 5.32 Å². The van der Waals surface area contributed by atoms with E-state index in [1.165, 1.54) is 10.6 Å². The first-order valence-electron chi connectivity index (χ1n) is 7.05. The molecule has 21 heavy (non-hydrogen) atoms. The molecule has 8 heteroatoms. The van der Waals surface area contributed by atoms with Gasteiger partial charge in [-0.3, -0.25) is 0 Å². The van der Waals surface area contributed by atoms with E-state index in [2.05, 4.69) is 15.3 Å². The summed E-state index contributed by atoms with van der Waals surface area (Å²) >= 11 is 0. The van der Waals surface area contributed by atoms with Crippen molar-refractivity contribution in [3.63, 3.8) is 0 Å². The molecular formula is C13H22N4O3S. The van der Waals surface area contributed by atoms with Gasteiger partial charge in [-0.2, -0.15) is 0 Å². The highest BCUT2D eigenvalue weighted by molar-refractivity contribution is 7.88. The molecule has 0 aliphatic carbocycles. The zero-order chi connectivity index (χ0) is 15.5. The molecule has 1 aromatic heterocycles. The van der Waals surface area contributed by atoms with Gasteiger partial charge in [0.2, 0.25) is 10.0 Å². The Balaban J connectivity index is 2.18. The Morgan fingerprint density at radius 3 is 2.90 bits per heavy atom. The molecular weight excluding hydrogens is 292 g/mol. The minimum Gasteiger partial charge on any atom is -0.395 e. The number of aryl methyl sites for hydroxylation is 1. The first kappa shape index (κ1) is 16.1. The van der Waals surface area contributed by atoms with Crippen molar-refractivity contribution >= 4 is 15.8 Å². The molecule has 0 radical (unpaired) electrons.